The summed E-state index contributed by atoms with van der Waals surface area (Å²) in [6.07, 6.45) is 14.7. The van der Waals surface area contributed by atoms with Gasteiger partial charge in [-0.05, 0) is 37.3 Å². The van der Waals surface area contributed by atoms with Crippen LogP contribution in [0.15, 0.2) is 34.4 Å². The molecule has 0 saturated heterocycles. The Hall–Kier alpha value is -2.26. The van der Waals surface area contributed by atoms with E-state index in [9.17, 15) is 10.1 Å². The highest BCUT2D eigenvalue weighted by Crippen LogP contribution is 2.34. The number of nitriles is 1. The van der Waals surface area contributed by atoms with Crippen LogP contribution >= 0.6 is 0 Å². The number of unbranched alkanes of at least 4 members (excludes halogenated alkanes) is 3. The number of ether oxygens (including phenoxy) is 1. The van der Waals surface area contributed by atoms with Crippen LogP contribution in [0.3, 0.4) is 0 Å². The minimum Gasteiger partial charge on any atom is -0.462 e. The first kappa shape index (κ1) is 17.8. The van der Waals surface area contributed by atoms with Crippen LogP contribution in [0, 0.1) is 23.7 Å². The van der Waals surface area contributed by atoms with Crippen LogP contribution in [0.1, 0.15) is 52.4 Å². The predicted octanol–water partition coefficient (Wildman–Crippen LogP) is 4.23. The van der Waals surface area contributed by atoms with Crippen LogP contribution in [0.4, 0.5) is 0 Å². The zero-order valence-corrected chi connectivity index (χ0v) is 13.4. The molecule has 1 aliphatic carbocycles. The summed E-state index contributed by atoms with van der Waals surface area (Å²) in [5.74, 6) is 2.11. The molecule has 3 nitrogen and oxygen atoms in total. The summed E-state index contributed by atoms with van der Waals surface area (Å²) in [5.41, 5.74) is 2.47. The van der Waals surface area contributed by atoms with Gasteiger partial charge in [-0.3, -0.25) is 0 Å². The molecule has 3 heteroatoms. The van der Waals surface area contributed by atoms with E-state index in [-0.39, 0.29) is 5.57 Å². The van der Waals surface area contributed by atoms with Crippen molar-refractivity contribution < 1.29 is 9.53 Å². The second kappa shape index (κ2) is 9.64. The molecule has 0 fully saturated rings. The molecule has 0 aromatic heterocycles. The highest BCUT2D eigenvalue weighted by molar-refractivity contribution is 5.95. The van der Waals surface area contributed by atoms with E-state index < -0.39 is 5.97 Å². The third-order valence-corrected chi connectivity index (χ3v) is 3.63. The smallest absolute Gasteiger partial charge is 0.349 e. The summed E-state index contributed by atoms with van der Waals surface area (Å²) in [6.45, 7) is 4.37. The van der Waals surface area contributed by atoms with Crippen molar-refractivity contribution >= 4 is 5.97 Å². The van der Waals surface area contributed by atoms with E-state index in [1.807, 2.05) is 25.1 Å². The van der Waals surface area contributed by atoms with Crippen LogP contribution in [0.25, 0.3) is 0 Å². The molecule has 0 amide bonds. The average molecular weight is 297 g/mol. The van der Waals surface area contributed by atoms with Gasteiger partial charge in [0.25, 0.3) is 0 Å². The summed E-state index contributed by atoms with van der Waals surface area (Å²) in [7, 11) is 0. The molecular weight excluding hydrogens is 274 g/mol. The Morgan fingerprint density at radius 2 is 2.14 bits per heavy atom. The van der Waals surface area contributed by atoms with E-state index in [4.69, 9.17) is 11.2 Å². The molecule has 0 atom stereocenters. The number of carbonyl (C=O) groups excluding carboxylic acids is 1. The molecule has 0 N–H and O–H groups in total. The molecule has 1 aliphatic rings. The number of hydrogen-bond acceptors (Lipinski definition) is 3. The van der Waals surface area contributed by atoms with Crippen LogP contribution in [-0.4, -0.2) is 12.6 Å². The fourth-order valence-electron chi connectivity index (χ4n) is 2.48. The quantitative estimate of drug-likeness (QED) is 0.232. The monoisotopic (exact) mass is 297 g/mol. The van der Waals surface area contributed by atoms with Gasteiger partial charge in [0.2, 0.25) is 0 Å². The van der Waals surface area contributed by atoms with E-state index in [2.05, 4.69) is 12.8 Å². The lowest BCUT2D eigenvalue weighted by Crippen LogP contribution is -2.10. The van der Waals surface area contributed by atoms with Gasteiger partial charge >= 0.3 is 5.97 Å². The molecule has 0 saturated carbocycles. The van der Waals surface area contributed by atoms with Crippen LogP contribution < -0.4 is 0 Å². The number of allylic oxidation sites excluding steroid dienone is 5. The average Bonchev–Trinajstić information content (AvgIpc) is 2.91. The Morgan fingerprint density at radius 1 is 1.36 bits per heavy atom. The van der Waals surface area contributed by atoms with Crippen molar-refractivity contribution in [1.82, 2.24) is 0 Å². The van der Waals surface area contributed by atoms with Crippen molar-refractivity contribution in [1.29, 1.82) is 5.26 Å². The molecule has 1 rings (SSSR count). The number of nitrogens with zero attached hydrogens (tertiary/aromatic N) is 1. The molecule has 0 aliphatic heterocycles. The Labute approximate surface area is 133 Å². The largest absolute Gasteiger partial charge is 0.462 e. The summed E-state index contributed by atoms with van der Waals surface area (Å²) < 4.78 is 5.23. The van der Waals surface area contributed by atoms with Gasteiger partial charge in [0.15, 0.2) is 0 Å². The molecule has 0 bridgehead atoms. The third-order valence-electron chi connectivity index (χ3n) is 3.63. The molecule has 116 valence electrons. The molecule has 0 heterocycles. The van der Waals surface area contributed by atoms with Crippen molar-refractivity contribution in [3.63, 3.8) is 0 Å². The summed E-state index contributed by atoms with van der Waals surface area (Å²) in [4.78, 5) is 12.1. The van der Waals surface area contributed by atoms with E-state index in [0.717, 1.165) is 36.8 Å². The number of hydrogen-bond donors (Lipinski definition) is 0. The number of terminal acetylenes is 1. The number of esters is 1. The maximum atomic E-state index is 12.1. The summed E-state index contributed by atoms with van der Waals surface area (Å²) >= 11 is 0. The SMILES string of the molecule is C#CC1=C(/C=C\C)/C(=C(\C#N)C(=O)OCCCCCC)CC1. The highest BCUT2D eigenvalue weighted by Gasteiger charge is 2.24. The zero-order valence-electron chi connectivity index (χ0n) is 13.4. The Morgan fingerprint density at radius 3 is 2.73 bits per heavy atom. The fraction of sp³-hybridized carbons (Fsp3) is 0.474. The first-order valence-electron chi connectivity index (χ1n) is 7.82. The minimum atomic E-state index is -0.533. The van der Waals surface area contributed by atoms with E-state index in [1.54, 1.807) is 0 Å². The maximum absolute atomic E-state index is 12.1. The number of rotatable bonds is 7. The van der Waals surface area contributed by atoms with E-state index >= 15 is 0 Å². The zero-order chi connectivity index (χ0) is 16.4. The molecule has 0 aromatic rings. The molecule has 0 radical (unpaired) electrons. The molecule has 0 spiro atoms. The van der Waals surface area contributed by atoms with Crippen molar-refractivity contribution in [2.24, 2.45) is 0 Å². The summed E-state index contributed by atoms with van der Waals surface area (Å²) in [6, 6.07) is 2.00. The van der Waals surface area contributed by atoms with Gasteiger partial charge in [0.05, 0.1) is 6.61 Å². The van der Waals surface area contributed by atoms with Gasteiger partial charge in [-0.25, -0.2) is 4.79 Å². The van der Waals surface area contributed by atoms with E-state index in [1.165, 1.54) is 0 Å². The van der Waals surface area contributed by atoms with Crippen LogP contribution in [-0.2, 0) is 9.53 Å². The second-order valence-electron chi connectivity index (χ2n) is 5.20. The van der Waals surface area contributed by atoms with Crippen molar-refractivity contribution in [2.45, 2.75) is 52.4 Å². The van der Waals surface area contributed by atoms with Crippen LogP contribution in [0.2, 0.25) is 0 Å². The van der Waals surface area contributed by atoms with Crippen molar-refractivity contribution in [2.75, 3.05) is 6.61 Å². The van der Waals surface area contributed by atoms with Crippen LogP contribution in [0.5, 0.6) is 0 Å². The Bertz CT molecular complexity index is 580. The first-order chi connectivity index (χ1) is 10.7. The number of carbonyl (C=O) groups is 1. The topological polar surface area (TPSA) is 50.1 Å². The molecular formula is C19H23NO2. The van der Waals surface area contributed by atoms with Gasteiger partial charge in [-0.2, -0.15) is 5.26 Å². The molecule has 22 heavy (non-hydrogen) atoms. The second-order valence-corrected chi connectivity index (χ2v) is 5.20. The van der Waals surface area contributed by atoms with E-state index in [0.29, 0.717) is 25.0 Å². The molecule has 0 unspecified atom stereocenters. The lowest BCUT2D eigenvalue weighted by Gasteiger charge is -2.07. The van der Waals surface area contributed by atoms with Gasteiger partial charge in [0.1, 0.15) is 11.6 Å². The third kappa shape index (κ3) is 4.64. The van der Waals surface area contributed by atoms with Gasteiger partial charge < -0.3 is 4.74 Å². The predicted molar refractivity (Wildman–Crippen MR) is 87.6 cm³/mol. The Kier molecular flexibility index (Phi) is 7.79. The van der Waals surface area contributed by atoms with Gasteiger partial charge in [-0.1, -0.05) is 44.3 Å². The van der Waals surface area contributed by atoms with Crippen molar-refractivity contribution in [3.8, 4) is 18.4 Å². The summed E-state index contributed by atoms with van der Waals surface area (Å²) in [5, 5.41) is 9.34. The fourth-order valence-corrected chi connectivity index (χ4v) is 2.48. The maximum Gasteiger partial charge on any atom is 0.349 e. The Balaban J connectivity index is 2.86. The lowest BCUT2D eigenvalue weighted by atomic mass is 10.0. The van der Waals surface area contributed by atoms with Gasteiger partial charge in [-0.15, -0.1) is 6.42 Å². The highest BCUT2D eigenvalue weighted by atomic mass is 16.5. The normalized spacial score (nSPS) is 16.5. The van der Waals surface area contributed by atoms with Crippen molar-refractivity contribution in [3.05, 3.63) is 34.4 Å². The molecule has 0 aromatic carbocycles. The lowest BCUT2D eigenvalue weighted by molar-refractivity contribution is -0.138. The minimum absolute atomic E-state index is 0.0915. The first-order valence-corrected chi connectivity index (χ1v) is 7.82. The standard InChI is InChI=1S/C19H23NO2/c1-4-7-8-9-13-22-19(21)18(14-20)17-12-11-15(6-3)16(17)10-5-2/h3,5,10H,4,7-9,11-13H2,1-2H3/b10-5-,18-17+. The van der Waals surface area contributed by atoms with Gasteiger partial charge in [0, 0.05) is 5.57 Å².